The predicted octanol–water partition coefficient (Wildman–Crippen LogP) is -1.84. The molecule has 7 nitrogen and oxygen atoms in total. The second-order valence-corrected chi connectivity index (χ2v) is 4.48. The van der Waals surface area contributed by atoms with E-state index in [2.05, 4.69) is 0 Å². The van der Waals surface area contributed by atoms with E-state index in [0.717, 1.165) is 0 Å². The Balaban J connectivity index is 2.24. The number of primary amides is 1. The van der Waals surface area contributed by atoms with Gasteiger partial charge in [-0.3, -0.25) is 9.59 Å². The van der Waals surface area contributed by atoms with Crippen molar-refractivity contribution in [1.29, 1.82) is 0 Å². The number of nitrogens with zero attached hydrogens (tertiary/aromatic N) is 1. The smallest absolute Gasteiger partial charge is 0.239 e. The molecule has 0 aromatic carbocycles. The summed E-state index contributed by atoms with van der Waals surface area (Å²) >= 11 is 0. The molecule has 2 amide bonds. The molecule has 1 aliphatic heterocycles. The average Bonchev–Trinajstić information content (AvgIpc) is 2.38. The molecule has 0 radical (unpaired) electrons. The van der Waals surface area contributed by atoms with E-state index in [1.54, 1.807) is 4.90 Å². The Morgan fingerprint density at radius 1 is 1.11 bits per heavy atom. The normalized spacial score (nSPS) is 19.3. The third-order valence-corrected chi connectivity index (χ3v) is 3.04. The molecule has 104 valence electrons. The Hall–Kier alpha value is -1.18. The van der Waals surface area contributed by atoms with Crippen molar-refractivity contribution in [2.24, 2.45) is 17.2 Å². The lowest BCUT2D eigenvalue weighted by Crippen LogP contribution is -2.48. The monoisotopic (exact) mass is 258 g/mol. The van der Waals surface area contributed by atoms with Gasteiger partial charge in [0.05, 0.1) is 25.3 Å². The first kappa shape index (κ1) is 14.9. The van der Waals surface area contributed by atoms with E-state index < -0.39 is 18.0 Å². The second kappa shape index (κ2) is 7.30. The van der Waals surface area contributed by atoms with Crippen LogP contribution >= 0.6 is 0 Å². The second-order valence-electron chi connectivity index (χ2n) is 4.48. The van der Waals surface area contributed by atoms with Gasteiger partial charge in [0.2, 0.25) is 11.8 Å². The van der Waals surface area contributed by atoms with Gasteiger partial charge < -0.3 is 26.8 Å². The van der Waals surface area contributed by atoms with Crippen molar-refractivity contribution < 1.29 is 14.3 Å². The summed E-state index contributed by atoms with van der Waals surface area (Å²) in [5, 5.41) is 0. The average molecular weight is 258 g/mol. The van der Waals surface area contributed by atoms with E-state index in [-0.39, 0.29) is 5.91 Å². The molecule has 1 fully saturated rings. The Morgan fingerprint density at radius 2 is 1.67 bits per heavy atom. The molecule has 18 heavy (non-hydrogen) atoms. The van der Waals surface area contributed by atoms with Crippen LogP contribution < -0.4 is 17.2 Å². The molecule has 1 rings (SSSR count). The lowest BCUT2D eigenvalue weighted by Gasteiger charge is -2.29. The predicted molar refractivity (Wildman–Crippen MR) is 66.4 cm³/mol. The Morgan fingerprint density at radius 3 is 2.22 bits per heavy atom. The number of carbonyl (C=O) groups excluding carboxylic acids is 2. The van der Waals surface area contributed by atoms with Gasteiger partial charge in [-0.15, -0.1) is 0 Å². The number of hydrogen-bond acceptors (Lipinski definition) is 5. The van der Waals surface area contributed by atoms with E-state index in [0.29, 0.717) is 45.6 Å². The van der Waals surface area contributed by atoms with Crippen LogP contribution in [-0.2, 0) is 14.3 Å². The van der Waals surface area contributed by atoms with Crippen molar-refractivity contribution in [3.05, 3.63) is 0 Å². The van der Waals surface area contributed by atoms with Gasteiger partial charge in [0.15, 0.2) is 0 Å². The zero-order valence-corrected chi connectivity index (χ0v) is 10.5. The molecule has 1 aliphatic rings. The maximum atomic E-state index is 11.9. The van der Waals surface area contributed by atoms with E-state index in [1.165, 1.54) is 0 Å². The lowest BCUT2D eigenvalue weighted by atomic mass is 10.1. The minimum Gasteiger partial charge on any atom is -0.378 e. The van der Waals surface area contributed by atoms with Gasteiger partial charge in [-0.05, 0) is 19.3 Å². The summed E-state index contributed by atoms with van der Waals surface area (Å²) in [6.07, 6.45) is 1.58. The van der Waals surface area contributed by atoms with Crippen LogP contribution in [-0.4, -0.2) is 55.1 Å². The highest BCUT2D eigenvalue weighted by Gasteiger charge is 2.22. The third-order valence-electron chi connectivity index (χ3n) is 3.04. The zero-order valence-electron chi connectivity index (χ0n) is 10.5. The van der Waals surface area contributed by atoms with E-state index in [4.69, 9.17) is 21.9 Å². The molecule has 1 heterocycles. The first-order valence-corrected chi connectivity index (χ1v) is 6.19. The van der Waals surface area contributed by atoms with Crippen molar-refractivity contribution in [2.45, 2.75) is 31.3 Å². The minimum absolute atomic E-state index is 0.0639. The molecule has 0 bridgehead atoms. The van der Waals surface area contributed by atoms with E-state index >= 15 is 0 Å². The molecule has 2 atom stereocenters. The number of rotatable bonds is 6. The van der Waals surface area contributed by atoms with Gasteiger partial charge in [0, 0.05) is 13.1 Å². The molecule has 0 spiro atoms. The van der Waals surface area contributed by atoms with Crippen molar-refractivity contribution in [1.82, 2.24) is 4.90 Å². The Kier molecular flexibility index (Phi) is 6.03. The Bertz CT molecular complexity index is 292. The van der Waals surface area contributed by atoms with Crippen LogP contribution in [0.15, 0.2) is 0 Å². The molecule has 7 heteroatoms. The number of hydrogen-bond donors (Lipinski definition) is 3. The Labute approximate surface area is 107 Å². The van der Waals surface area contributed by atoms with Crippen LogP contribution in [0.1, 0.15) is 19.3 Å². The molecule has 0 saturated carbocycles. The quantitative estimate of drug-likeness (QED) is 0.516. The standard InChI is InChI=1S/C11H22N4O3/c12-8(10(14)16)2-1-3-9(13)11(17)15-4-6-18-7-5-15/h8-9H,1-7,12-13H2,(H2,14,16)/t8-,9?/m1/s1. The SMILES string of the molecule is NC(=O)[C@H](N)CCCC(N)C(=O)N1CCOCC1. The maximum absolute atomic E-state index is 11.9. The highest BCUT2D eigenvalue weighted by atomic mass is 16.5. The summed E-state index contributed by atoms with van der Waals surface area (Å²) in [6.45, 7) is 2.30. The fourth-order valence-corrected chi connectivity index (χ4v) is 1.84. The molecule has 6 N–H and O–H groups in total. The highest BCUT2D eigenvalue weighted by Crippen LogP contribution is 2.06. The molecule has 0 aliphatic carbocycles. The lowest BCUT2D eigenvalue weighted by molar-refractivity contribution is -0.136. The molecule has 1 saturated heterocycles. The molecule has 0 aromatic rings. The summed E-state index contributed by atoms with van der Waals surface area (Å²) in [4.78, 5) is 24.4. The summed E-state index contributed by atoms with van der Waals surface area (Å²) in [7, 11) is 0. The van der Waals surface area contributed by atoms with Crippen LogP contribution in [0.5, 0.6) is 0 Å². The summed E-state index contributed by atoms with van der Waals surface area (Å²) in [6, 6.07) is -1.20. The number of nitrogens with two attached hydrogens (primary N) is 3. The van der Waals surface area contributed by atoms with Gasteiger partial charge in [0.1, 0.15) is 0 Å². The largest absolute Gasteiger partial charge is 0.378 e. The maximum Gasteiger partial charge on any atom is 0.239 e. The number of amides is 2. The minimum atomic E-state index is -0.657. The van der Waals surface area contributed by atoms with Gasteiger partial charge >= 0.3 is 0 Å². The highest BCUT2D eigenvalue weighted by molar-refractivity contribution is 5.81. The van der Waals surface area contributed by atoms with Crippen molar-refractivity contribution >= 4 is 11.8 Å². The number of ether oxygens (including phenoxy) is 1. The first-order valence-electron chi connectivity index (χ1n) is 6.19. The topological polar surface area (TPSA) is 125 Å². The molecule has 1 unspecified atom stereocenters. The fraction of sp³-hybridized carbons (Fsp3) is 0.818. The van der Waals surface area contributed by atoms with Crippen molar-refractivity contribution in [2.75, 3.05) is 26.3 Å². The molecular formula is C11H22N4O3. The van der Waals surface area contributed by atoms with Gasteiger partial charge in [-0.2, -0.15) is 0 Å². The van der Waals surface area contributed by atoms with Crippen LogP contribution in [0.4, 0.5) is 0 Å². The van der Waals surface area contributed by atoms with E-state index in [9.17, 15) is 9.59 Å². The molecular weight excluding hydrogens is 236 g/mol. The number of morpholine rings is 1. The summed E-state index contributed by atoms with van der Waals surface area (Å²) < 4.78 is 5.17. The van der Waals surface area contributed by atoms with Crippen molar-refractivity contribution in [3.63, 3.8) is 0 Å². The van der Waals surface area contributed by atoms with Crippen LogP contribution in [0.2, 0.25) is 0 Å². The summed E-state index contributed by atoms with van der Waals surface area (Å²) in [5.41, 5.74) is 16.4. The fourth-order valence-electron chi connectivity index (χ4n) is 1.84. The van der Waals surface area contributed by atoms with Crippen molar-refractivity contribution in [3.8, 4) is 0 Å². The molecule has 0 aromatic heterocycles. The van der Waals surface area contributed by atoms with Crippen LogP contribution in [0.3, 0.4) is 0 Å². The van der Waals surface area contributed by atoms with Gasteiger partial charge in [-0.1, -0.05) is 0 Å². The first-order chi connectivity index (χ1) is 8.52. The van der Waals surface area contributed by atoms with Gasteiger partial charge in [0.25, 0.3) is 0 Å². The van der Waals surface area contributed by atoms with Crippen LogP contribution in [0, 0.1) is 0 Å². The third kappa shape index (κ3) is 4.59. The number of carbonyl (C=O) groups is 2. The van der Waals surface area contributed by atoms with Gasteiger partial charge in [-0.25, -0.2) is 0 Å². The summed E-state index contributed by atoms with van der Waals surface area (Å²) in [5.74, 6) is -0.589. The van der Waals surface area contributed by atoms with Crippen LogP contribution in [0.25, 0.3) is 0 Å². The zero-order chi connectivity index (χ0) is 13.5. The van der Waals surface area contributed by atoms with E-state index in [1.807, 2.05) is 0 Å².